The summed E-state index contributed by atoms with van der Waals surface area (Å²) in [5.41, 5.74) is 4.05. The van der Waals surface area contributed by atoms with E-state index >= 15 is 0 Å². The summed E-state index contributed by atoms with van der Waals surface area (Å²) in [4.78, 5) is 25.3. The number of nitrogens with one attached hydrogen (secondary N) is 2. The van der Waals surface area contributed by atoms with Crippen LogP contribution in [0.4, 0.5) is 11.4 Å². The third-order valence-corrected chi connectivity index (χ3v) is 5.75. The van der Waals surface area contributed by atoms with Crippen LogP contribution in [0, 0.1) is 6.92 Å². The number of amides is 2. The lowest BCUT2D eigenvalue weighted by atomic mass is 10.1. The predicted molar refractivity (Wildman–Crippen MR) is 142 cm³/mol. The number of carbonyl (C=O) groups excluding carboxylic acids is 2. The molecule has 0 heterocycles. The second-order valence-corrected chi connectivity index (χ2v) is 8.52. The topological polar surface area (TPSA) is 76.7 Å². The molecular weight excluding hydrogens is 476 g/mol. The molecule has 4 aromatic carbocycles. The van der Waals surface area contributed by atoms with Gasteiger partial charge in [-0.1, -0.05) is 41.9 Å². The van der Waals surface area contributed by atoms with Crippen molar-refractivity contribution in [3.05, 3.63) is 118 Å². The Morgan fingerprint density at radius 1 is 0.778 bits per heavy atom. The Hall–Kier alpha value is -4.29. The number of halogens is 1. The van der Waals surface area contributed by atoms with E-state index in [2.05, 4.69) is 10.6 Å². The molecule has 0 aliphatic rings. The highest BCUT2D eigenvalue weighted by molar-refractivity contribution is 6.30. The molecule has 0 bridgehead atoms. The van der Waals surface area contributed by atoms with Crippen molar-refractivity contribution in [3.63, 3.8) is 0 Å². The van der Waals surface area contributed by atoms with Crippen LogP contribution >= 0.6 is 11.6 Å². The molecule has 0 unspecified atom stereocenters. The summed E-state index contributed by atoms with van der Waals surface area (Å²) in [7, 11) is 1.53. The molecule has 0 spiro atoms. The Labute approximate surface area is 214 Å². The fourth-order valence-corrected chi connectivity index (χ4v) is 3.66. The molecular formula is C29H25ClN2O4. The lowest BCUT2D eigenvalue weighted by molar-refractivity contribution is 0.101. The van der Waals surface area contributed by atoms with Crippen molar-refractivity contribution in [1.29, 1.82) is 0 Å². The van der Waals surface area contributed by atoms with Gasteiger partial charge in [-0.25, -0.2) is 0 Å². The molecule has 4 rings (SSSR count). The number of hydrogen-bond acceptors (Lipinski definition) is 4. The van der Waals surface area contributed by atoms with Crippen LogP contribution in [-0.2, 0) is 6.61 Å². The molecule has 0 aliphatic heterocycles. The summed E-state index contributed by atoms with van der Waals surface area (Å²) in [5.74, 6) is 0.490. The van der Waals surface area contributed by atoms with E-state index in [1.54, 1.807) is 60.7 Å². The van der Waals surface area contributed by atoms with Gasteiger partial charge in [-0.15, -0.1) is 0 Å². The molecule has 7 heteroatoms. The molecule has 0 fully saturated rings. The van der Waals surface area contributed by atoms with E-state index in [9.17, 15) is 9.59 Å². The molecule has 0 aliphatic carbocycles. The fraction of sp³-hybridized carbons (Fsp3) is 0.103. The first-order valence-electron chi connectivity index (χ1n) is 11.3. The van der Waals surface area contributed by atoms with E-state index in [-0.39, 0.29) is 11.8 Å². The average Bonchev–Trinajstić information content (AvgIpc) is 2.90. The SMILES string of the molecule is COc1cc(C(=O)Nc2ccc(NC(=O)c3ccccc3)c(C)c2)ccc1OCc1ccc(Cl)cc1. The third kappa shape index (κ3) is 6.23. The number of carbonyl (C=O) groups is 2. The van der Waals surface area contributed by atoms with Gasteiger partial charge in [0.05, 0.1) is 7.11 Å². The zero-order valence-electron chi connectivity index (χ0n) is 19.9. The minimum atomic E-state index is -0.293. The van der Waals surface area contributed by atoms with E-state index in [4.69, 9.17) is 21.1 Å². The second-order valence-electron chi connectivity index (χ2n) is 8.08. The van der Waals surface area contributed by atoms with Gasteiger partial charge in [0, 0.05) is 27.5 Å². The maximum absolute atomic E-state index is 12.9. The van der Waals surface area contributed by atoms with Crippen molar-refractivity contribution in [2.24, 2.45) is 0 Å². The van der Waals surface area contributed by atoms with Crippen molar-refractivity contribution in [2.75, 3.05) is 17.7 Å². The molecule has 0 saturated carbocycles. The smallest absolute Gasteiger partial charge is 0.255 e. The minimum absolute atomic E-state index is 0.194. The molecule has 36 heavy (non-hydrogen) atoms. The van der Waals surface area contributed by atoms with Crippen LogP contribution in [-0.4, -0.2) is 18.9 Å². The molecule has 6 nitrogen and oxygen atoms in total. The maximum Gasteiger partial charge on any atom is 0.255 e. The molecule has 0 atom stereocenters. The Morgan fingerprint density at radius 3 is 2.19 bits per heavy atom. The average molecular weight is 501 g/mol. The number of ether oxygens (including phenoxy) is 2. The van der Waals surface area contributed by atoms with Crippen molar-refractivity contribution in [2.45, 2.75) is 13.5 Å². The highest BCUT2D eigenvalue weighted by Crippen LogP contribution is 2.30. The molecule has 2 amide bonds. The molecule has 0 saturated heterocycles. The predicted octanol–water partition coefficient (Wildman–Crippen LogP) is 6.74. The van der Waals surface area contributed by atoms with Gasteiger partial charge in [0.1, 0.15) is 6.61 Å². The number of hydrogen-bond donors (Lipinski definition) is 2. The summed E-state index contributed by atoms with van der Waals surface area (Å²) in [6, 6.07) is 26.7. The summed E-state index contributed by atoms with van der Waals surface area (Å²) < 4.78 is 11.3. The number of benzene rings is 4. The van der Waals surface area contributed by atoms with Gasteiger partial charge in [0.25, 0.3) is 11.8 Å². The first-order chi connectivity index (χ1) is 17.4. The van der Waals surface area contributed by atoms with Crippen molar-refractivity contribution in [3.8, 4) is 11.5 Å². The summed E-state index contributed by atoms with van der Waals surface area (Å²) >= 11 is 5.93. The van der Waals surface area contributed by atoms with E-state index in [1.807, 2.05) is 37.3 Å². The molecule has 182 valence electrons. The first-order valence-corrected chi connectivity index (χ1v) is 11.6. The molecule has 0 radical (unpaired) electrons. The molecule has 4 aromatic rings. The van der Waals surface area contributed by atoms with Crippen LogP contribution in [0.5, 0.6) is 11.5 Å². The summed E-state index contributed by atoms with van der Waals surface area (Å²) in [6.45, 7) is 2.21. The lowest BCUT2D eigenvalue weighted by Gasteiger charge is -2.13. The molecule has 2 N–H and O–H groups in total. The van der Waals surface area contributed by atoms with Gasteiger partial charge in [0.15, 0.2) is 11.5 Å². The van der Waals surface area contributed by atoms with Crippen LogP contribution in [0.3, 0.4) is 0 Å². The normalized spacial score (nSPS) is 10.4. The van der Waals surface area contributed by atoms with E-state index in [0.29, 0.717) is 45.6 Å². The zero-order valence-corrected chi connectivity index (χ0v) is 20.6. The number of aryl methyl sites for hydroxylation is 1. The van der Waals surface area contributed by atoms with Gasteiger partial charge < -0.3 is 20.1 Å². The van der Waals surface area contributed by atoms with Crippen LogP contribution in [0.15, 0.2) is 91.0 Å². The van der Waals surface area contributed by atoms with Crippen LogP contribution in [0.1, 0.15) is 31.8 Å². The second kappa shape index (κ2) is 11.4. The van der Waals surface area contributed by atoms with Gasteiger partial charge in [-0.2, -0.15) is 0 Å². The standard InChI is InChI=1S/C29H25ClN2O4/c1-19-16-24(13-14-25(19)32-28(33)21-6-4-3-5-7-21)31-29(34)22-10-15-26(27(17-22)35-2)36-18-20-8-11-23(30)12-9-20/h3-17H,18H2,1-2H3,(H,31,34)(H,32,33). The highest BCUT2D eigenvalue weighted by Gasteiger charge is 2.13. The van der Waals surface area contributed by atoms with Gasteiger partial charge in [-0.05, 0) is 78.7 Å². The highest BCUT2D eigenvalue weighted by atomic mass is 35.5. The Bertz CT molecular complexity index is 1370. The van der Waals surface area contributed by atoms with Gasteiger partial charge >= 0.3 is 0 Å². The summed E-state index contributed by atoms with van der Waals surface area (Å²) in [5, 5.41) is 6.44. The largest absolute Gasteiger partial charge is 0.493 e. The van der Waals surface area contributed by atoms with Crippen LogP contribution in [0.2, 0.25) is 5.02 Å². The first kappa shape index (κ1) is 24.8. The zero-order chi connectivity index (χ0) is 25.5. The monoisotopic (exact) mass is 500 g/mol. The maximum atomic E-state index is 12.9. The fourth-order valence-electron chi connectivity index (χ4n) is 3.54. The van der Waals surface area contributed by atoms with Crippen molar-refractivity contribution in [1.82, 2.24) is 0 Å². The third-order valence-electron chi connectivity index (χ3n) is 5.50. The summed E-state index contributed by atoms with van der Waals surface area (Å²) in [6.07, 6.45) is 0. The van der Waals surface area contributed by atoms with E-state index < -0.39 is 0 Å². The van der Waals surface area contributed by atoms with Gasteiger partial charge in [-0.3, -0.25) is 9.59 Å². The lowest BCUT2D eigenvalue weighted by Crippen LogP contribution is -2.14. The number of rotatable bonds is 8. The van der Waals surface area contributed by atoms with Crippen molar-refractivity contribution < 1.29 is 19.1 Å². The Balaban J connectivity index is 1.41. The van der Waals surface area contributed by atoms with Crippen molar-refractivity contribution >= 4 is 34.8 Å². The van der Waals surface area contributed by atoms with E-state index in [1.165, 1.54) is 7.11 Å². The minimum Gasteiger partial charge on any atom is -0.493 e. The molecule has 0 aromatic heterocycles. The van der Waals surface area contributed by atoms with Crippen LogP contribution in [0.25, 0.3) is 0 Å². The van der Waals surface area contributed by atoms with Crippen LogP contribution < -0.4 is 20.1 Å². The van der Waals surface area contributed by atoms with Gasteiger partial charge in [0.2, 0.25) is 0 Å². The Kier molecular flexibility index (Phi) is 7.88. The number of anilines is 2. The number of methoxy groups -OCH3 is 1. The van der Waals surface area contributed by atoms with E-state index in [0.717, 1.165) is 11.1 Å². The quantitative estimate of drug-likeness (QED) is 0.281. The Morgan fingerprint density at radius 2 is 1.50 bits per heavy atom.